The van der Waals surface area contributed by atoms with Gasteiger partial charge in [-0.2, -0.15) is 13.2 Å². The van der Waals surface area contributed by atoms with Crippen LogP contribution in [0.1, 0.15) is 16.8 Å². The number of benzene rings is 2. The lowest BCUT2D eigenvalue weighted by Gasteiger charge is -2.16. The molecule has 0 bridgehead atoms. The topological polar surface area (TPSA) is 84.2 Å². The van der Waals surface area contributed by atoms with Crippen molar-refractivity contribution in [3.05, 3.63) is 75.7 Å². The standard InChI is InChI=1S/C23H22F3N3O3S/c1-14-19(10-11-30)22(32)29(13-20(31)28-17-4-3-5-18(12-17)33-2)21(27-14)15-6-8-16(9-7-15)23(24,25)26/h3-9,12,30H,10-11,13H2,1-2H3,(H,28,31). The van der Waals surface area contributed by atoms with E-state index in [0.29, 0.717) is 11.4 Å². The highest BCUT2D eigenvalue weighted by molar-refractivity contribution is 7.98. The zero-order valence-electron chi connectivity index (χ0n) is 17.9. The summed E-state index contributed by atoms with van der Waals surface area (Å²) in [5.74, 6) is -0.426. The van der Waals surface area contributed by atoms with Crippen LogP contribution in [0.3, 0.4) is 0 Å². The van der Waals surface area contributed by atoms with Crippen molar-refractivity contribution >= 4 is 23.4 Å². The van der Waals surface area contributed by atoms with Gasteiger partial charge >= 0.3 is 6.18 Å². The van der Waals surface area contributed by atoms with Gasteiger partial charge in [-0.25, -0.2) is 4.98 Å². The molecule has 0 aliphatic heterocycles. The minimum Gasteiger partial charge on any atom is -0.396 e. The Kier molecular flexibility index (Phi) is 7.60. The van der Waals surface area contributed by atoms with Crippen LogP contribution in [0.4, 0.5) is 18.9 Å². The van der Waals surface area contributed by atoms with E-state index < -0.39 is 29.8 Å². The molecule has 0 radical (unpaired) electrons. The summed E-state index contributed by atoms with van der Waals surface area (Å²) in [5, 5.41) is 12.0. The summed E-state index contributed by atoms with van der Waals surface area (Å²) in [7, 11) is 0. The Morgan fingerprint density at radius 3 is 2.48 bits per heavy atom. The second-order valence-corrected chi connectivity index (χ2v) is 8.10. The quantitative estimate of drug-likeness (QED) is 0.500. The van der Waals surface area contributed by atoms with Crippen molar-refractivity contribution in [1.29, 1.82) is 0 Å². The Balaban J connectivity index is 2.01. The molecular weight excluding hydrogens is 455 g/mol. The Morgan fingerprint density at radius 2 is 1.88 bits per heavy atom. The van der Waals surface area contributed by atoms with E-state index >= 15 is 0 Å². The second-order valence-electron chi connectivity index (χ2n) is 7.22. The maximum absolute atomic E-state index is 13.1. The number of nitrogens with one attached hydrogen (secondary N) is 1. The van der Waals surface area contributed by atoms with Crippen molar-refractivity contribution in [3.8, 4) is 11.4 Å². The number of nitrogens with zero attached hydrogens (tertiary/aromatic N) is 2. The number of aliphatic hydroxyl groups is 1. The van der Waals surface area contributed by atoms with Crippen LogP contribution in [0.2, 0.25) is 0 Å². The molecule has 0 saturated carbocycles. The van der Waals surface area contributed by atoms with Gasteiger partial charge in [0.25, 0.3) is 5.56 Å². The van der Waals surface area contributed by atoms with Crippen LogP contribution in [0.5, 0.6) is 0 Å². The second kappa shape index (κ2) is 10.2. The molecule has 33 heavy (non-hydrogen) atoms. The molecule has 0 aliphatic rings. The van der Waals surface area contributed by atoms with Crippen LogP contribution in [0.25, 0.3) is 11.4 Å². The molecule has 0 unspecified atom stereocenters. The lowest BCUT2D eigenvalue weighted by Crippen LogP contribution is -2.33. The third-order valence-corrected chi connectivity index (χ3v) is 5.68. The first-order valence-electron chi connectivity index (χ1n) is 9.96. The van der Waals surface area contributed by atoms with Crippen molar-refractivity contribution in [2.24, 2.45) is 0 Å². The highest BCUT2D eigenvalue weighted by Gasteiger charge is 2.30. The van der Waals surface area contributed by atoms with E-state index in [9.17, 15) is 27.9 Å². The van der Waals surface area contributed by atoms with Crippen LogP contribution in [0.15, 0.2) is 58.2 Å². The monoisotopic (exact) mass is 477 g/mol. The Morgan fingerprint density at radius 1 is 1.18 bits per heavy atom. The largest absolute Gasteiger partial charge is 0.416 e. The van der Waals surface area contributed by atoms with E-state index in [2.05, 4.69) is 10.3 Å². The molecule has 1 amide bonds. The summed E-state index contributed by atoms with van der Waals surface area (Å²) < 4.78 is 40.0. The van der Waals surface area contributed by atoms with Crippen LogP contribution in [0, 0.1) is 6.92 Å². The maximum Gasteiger partial charge on any atom is 0.416 e. The van der Waals surface area contributed by atoms with Crippen LogP contribution in [-0.4, -0.2) is 33.4 Å². The highest BCUT2D eigenvalue weighted by atomic mass is 32.2. The van der Waals surface area contributed by atoms with Gasteiger partial charge in [0.05, 0.1) is 5.56 Å². The number of aryl methyl sites for hydroxylation is 1. The first-order chi connectivity index (χ1) is 15.6. The Bertz CT molecular complexity index is 1210. The predicted octanol–water partition coefficient (Wildman–Crippen LogP) is 4.13. The molecular formula is C23H22F3N3O3S. The van der Waals surface area contributed by atoms with Gasteiger partial charge in [0.1, 0.15) is 12.4 Å². The van der Waals surface area contributed by atoms with Crippen molar-refractivity contribution in [2.75, 3.05) is 18.2 Å². The van der Waals surface area contributed by atoms with Crippen molar-refractivity contribution in [2.45, 2.75) is 31.0 Å². The summed E-state index contributed by atoms with van der Waals surface area (Å²) in [6.45, 7) is 0.897. The van der Waals surface area contributed by atoms with Gasteiger partial charge in [-0.05, 0) is 43.5 Å². The van der Waals surface area contributed by atoms with E-state index in [1.807, 2.05) is 12.3 Å². The summed E-state index contributed by atoms with van der Waals surface area (Å²) in [6.07, 6.45) is -2.56. The lowest BCUT2D eigenvalue weighted by molar-refractivity contribution is -0.137. The van der Waals surface area contributed by atoms with Gasteiger partial charge < -0.3 is 10.4 Å². The van der Waals surface area contributed by atoms with E-state index in [0.717, 1.165) is 21.6 Å². The predicted molar refractivity (Wildman–Crippen MR) is 121 cm³/mol. The number of carbonyl (C=O) groups is 1. The summed E-state index contributed by atoms with van der Waals surface area (Å²) in [6, 6.07) is 11.4. The van der Waals surface area contributed by atoms with Gasteiger partial charge in [-0.3, -0.25) is 14.2 Å². The molecule has 0 spiro atoms. The van der Waals surface area contributed by atoms with Crippen molar-refractivity contribution < 1.29 is 23.1 Å². The van der Waals surface area contributed by atoms with Crippen molar-refractivity contribution in [1.82, 2.24) is 9.55 Å². The van der Waals surface area contributed by atoms with E-state index in [4.69, 9.17) is 0 Å². The summed E-state index contributed by atoms with van der Waals surface area (Å²) >= 11 is 1.51. The van der Waals surface area contributed by atoms with Crippen LogP contribution >= 0.6 is 11.8 Å². The molecule has 3 rings (SSSR count). The Labute approximate surface area is 192 Å². The molecule has 2 N–H and O–H groups in total. The smallest absolute Gasteiger partial charge is 0.396 e. The fourth-order valence-electron chi connectivity index (χ4n) is 3.32. The minimum absolute atomic E-state index is 0.0440. The summed E-state index contributed by atoms with van der Waals surface area (Å²) in [5.41, 5.74) is 0.0285. The average Bonchev–Trinajstić information content (AvgIpc) is 2.78. The molecule has 3 aromatic rings. The number of hydrogen-bond donors (Lipinski definition) is 2. The number of alkyl halides is 3. The fourth-order valence-corrected chi connectivity index (χ4v) is 3.78. The molecule has 10 heteroatoms. The average molecular weight is 478 g/mol. The molecule has 174 valence electrons. The molecule has 1 heterocycles. The first kappa shape index (κ1) is 24.5. The zero-order valence-corrected chi connectivity index (χ0v) is 18.8. The number of anilines is 1. The third kappa shape index (κ3) is 5.82. The van der Waals surface area contributed by atoms with E-state index in [1.54, 1.807) is 25.1 Å². The highest BCUT2D eigenvalue weighted by Crippen LogP contribution is 2.30. The van der Waals surface area contributed by atoms with Gasteiger partial charge in [0, 0.05) is 40.4 Å². The lowest BCUT2D eigenvalue weighted by atomic mass is 10.1. The number of halogens is 3. The number of rotatable bonds is 7. The number of aliphatic hydroxyl groups excluding tert-OH is 1. The van der Waals surface area contributed by atoms with Crippen LogP contribution in [-0.2, 0) is 23.9 Å². The number of amides is 1. The normalized spacial score (nSPS) is 11.5. The van der Waals surface area contributed by atoms with Crippen LogP contribution < -0.4 is 10.9 Å². The molecule has 6 nitrogen and oxygen atoms in total. The number of hydrogen-bond acceptors (Lipinski definition) is 5. The number of aromatic nitrogens is 2. The molecule has 0 aliphatic carbocycles. The molecule has 0 atom stereocenters. The van der Waals surface area contributed by atoms with Gasteiger partial charge in [-0.15, -0.1) is 11.8 Å². The number of carbonyl (C=O) groups excluding carboxylic acids is 1. The third-order valence-electron chi connectivity index (χ3n) is 4.96. The summed E-state index contributed by atoms with van der Waals surface area (Å²) in [4.78, 5) is 31.2. The first-order valence-corrected chi connectivity index (χ1v) is 11.2. The van der Waals surface area contributed by atoms with Gasteiger partial charge in [0.15, 0.2) is 0 Å². The van der Waals surface area contributed by atoms with E-state index in [-0.39, 0.29) is 30.0 Å². The minimum atomic E-state index is -4.50. The fraction of sp³-hybridized carbons (Fsp3) is 0.261. The maximum atomic E-state index is 13.1. The zero-order chi connectivity index (χ0) is 24.2. The van der Waals surface area contributed by atoms with Crippen molar-refractivity contribution in [3.63, 3.8) is 0 Å². The molecule has 0 fully saturated rings. The number of thioether (sulfide) groups is 1. The molecule has 1 aromatic heterocycles. The Hall–Kier alpha value is -3.11. The molecule has 0 saturated heterocycles. The van der Waals surface area contributed by atoms with Gasteiger partial charge in [-0.1, -0.05) is 18.2 Å². The molecule has 2 aromatic carbocycles. The van der Waals surface area contributed by atoms with Gasteiger partial charge in [0.2, 0.25) is 5.91 Å². The van der Waals surface area contributed by atoms with E-state index in [1.165, 1.54) is 23.9 Å². The SMILES string of the molecule is CSc1cccc(NC(=O)Cn2c(-c3ccc(C(F)(F)F)cc3)nc(C)c(CCO)c2=O)c1.